The van der Waals surface area contributed by atoms with Crippen LogP contribution in [0.5, 0.6) is 0 Å². The van der Waals surface area contributed by atoms with Gasteiger partial charge in [-0.3, -0.25) is 9.59 Å². The topological polar surface area (TPSA) is 65.2 Å². The molecule has 2 heterocycles. The molecule has 5 nitrogen and oxygen atoms in total. The third-order valence-corrected chi connectivity index (χ3v) is 3.97. The highest BCUT2D eigenvalue weighted by molar-refractivity contribution is 5.94. The maximum Gasteiger partial charge on any atom is 0.261 e. The van der Waals surface area contributed by atoms with Crippen LogP contribution in [-0.2, 0) is 0 Å². The number of hydrogen-bond donors (Lipinski definition) is 2. The molecule has 0 aliphatic carbocycles. The number of pyridine rings is 1. The van der Waals surface area contributed by atoms with Crippen LogP contribution < -0.4 is 10.9 Å². The van der Waals surface area contributed by atoms with Gasteiger partial charge >= 0.3 is 0 Å². The summed E-state index contributed by atoms with van der Waals surface area (Å²) in [6, 6.07) is 13.0. The minimum Gasteiger partial charge on any atom is -0.348 e. The Labute approximate surface area is 129 Å². The lowest BCUT2D eigenvalue weighted by Gasteiger charge is -2.12. The summed E-state index contributed by atoms with van der Waals surface area (Å²) in [6.07, 6.45) is 0.919. The summed E-state index contributed by atoms with van der Waals surface area (Å²) >= 11 is 0. The van der Waals surface area contributed by atoms with E-state index in [-0.39, 0.29) is 23.1 Å². The van der Waals surface area contributed by atoms with Crippen LogP contribution in [-0.4, -0.2) is 42.0 Å². The first-order valence-corrected chi connectivity index (χ1v) is 7.41. The molecule has 5 heteroatoms. The maximum absolute atomic E-state index is 12.2. The smallest absolute Gasteiger partial charge is 0.261 e. The SMILES string of the molecule is CN1CCC(NC(=O)c2ccc(-c3ccccc3)[nH]c2=O)C1. The van der Waals surface area contributed by atoms with E-state index in [0.717, 1.165) is 25.1 Å². The number of aromatic nitrogens is 1. The van der Waals surface area contributed by atoms with Crippen LogP contribution in [0.4, 0.5) is 0 Å². The van der Waals surface area contributed by atoms with E-state index in [0.29, 0.717) is 5.69 Å². The minimum atomic E-state index is -0.356. The van der Waals surface area contributed by atoms with E-state index in [1.165, 1.54) is 0 Å². The molecular weight excluding hydrogens is 278 g/mol. The summed E-state index contributed by atoms with van der Waals surface area (Å²) < 4.78 is 0. The minimum absolute atomic E-state index is 0.116. The summed E-state index contributed by atoms with van der Waals surface area (Å²) in [7, 11) is 2.02. The van der Waals surface area contributed by atoms with Gasteiger partial charge in [0.2, 0.25) is 0 Å². The molecule has 22 heavy (non-hydrogen) atoms. The Morgan fingerprint density at radius 1 is 1.23 bits per heavy atom. The number of carbonyl (C=O) groups excluding carboxylic acids is 1. The van der Waals surface area contributed by atoms with Crippen LogP contribution >= 0.6 is 0 Å². The highest BCUT2D eigenvalue weighted by atomic mass is 16.2. The molecule has 1 unspecified atom stereocenters. The Morgan fingerprint density at radius 3 is 2.64 bits per heavy atom. The molecular formula is C17H19N3O2. The fourth-order valence-corrected chi connectivity index (χ4v) is 2.75. The van der Waals surface area contributed by atoms with Crippen LogP contribution in [0, 0.1) is 0 Å². The Hall–Kier alpha value is -2.40. The van der Waals surface area contributed by atoms with Crippen molar-refractivity contribution in [3.05, 3.63) is 58.4 Å². The maximum atomic E-state index is 12.2. The van der Waals surface area contributed by atoms with E-state index in [2.05, 4.69) is 15.2 Å². The predicted octanol–water partition coefficient (Wildman–Crippen LogP) is 1.48. The molecule has 0 radical (unpaired) electrons. The van der Waals surface area contributed by atoms with Gasteiger partial charge in [0, 0.05) is 18.3 Å². The summed E-state index contributed by atoms with van der Waals surface area (Å²) in [5.41, 5.74) is 1.44. The number of aromatic amines is 1. The van der Waals surface area contributed by atoms with E-state index >= 15 is 0 Å². The van der Waals surface area contributed by atoms with Gasteiger partial charge in [-0.1, -0.05) is 30.3 Å². The highest BCUT2D eigenvalue weighted by Crippen LogP contribution is 2.14. The third kappa shape index (κ3) is 3.09. The van der Waals surface area contributed by atoms with Crippen LogP contribution in [0.15, 0.2) is 47.3 Å². The second-order valence-corrected chi connectivity index (χ2v) is 5.70. The summed E-state index contributed by atoms with van der Waals surface area (Å²) in [5.74, 6) is -0.304. The average molecular weight is 297 g/mol. The molecule has 0 saturated carbocycles. The first-order chi connectivity index (χ1) is 10.6. The van der Waals surface area contributed by atoms with Crippen molar-refractivity contribution in [2.24, 2.45) is 0 Å². The number of hydrogen-bond acceptors (Lipinski definition) is 3. The number of likely N-dealkylation sites (N-methyl/N-ethyl adjacent to an activating group) is 1. The van der Waals surface area contributed by atoms with Crippen molar-refractivity contribution in [1.82, 2.24) is 15.2 Å². The average Bonchev–Trinajstić information content (AvgIpc) is 2.93. The van der Waals surface area contributed by atoms with Crippen molar-refractivity contribution < 1.29 is 4.79 Å². The molecule has 1 saturated heterocycles. The fraction of sp³-hybridized carbons (Fsp3) is 0.294. The van der Waals surface area contributed by atoms with Crippen molar-refractivity contribution in [2.75, 3.05) is 20.1 Å². The lowest BCUT2D eigenvalue weighted by molar-refractivity contribution is 0.0937. The van der Waals surface area contributed by atoms with Gasteiger partial charge in [-0.25, -0.2) is 0 Å². The zero-order chi connectivity index (χ0) is 15.5. The second-order valence-electron chi connectivity index (χ2n) is 5.70. The predicted molar refractivity (Wildman–Crippen MR) is 85.9 cm³/mol. The molecule has 1 atom stereocenters. The second kappa shape index (κ2) is 6.15. The Kier molecular flexibility index (Phi) is 4.06. The zero-order valence-electron chi connectivity index (χ0n) is 12.5. The number of benzene rings is 1. The number of rotatable bonds is 3. The summed E-state index contributed by atoms with van der Waals surface area (Å²) in [6.45, 7) is 1.79. The van der Waals surface area contributed by atoms with Crippen LogP contribution in [0.1, 0.15) is 16.8 Å². The van der Waals surface area contributed by atoms with Crippen molar-refractivity contribution in [3.8, 4) is 11.3 Å². The molecule has 0 spiro atoms. The van der Waals surface area contributed by atoms with Crippen molar-refractivity contribution >= 4 is 5.91 Å². The molecule has 1 aromatic heterocycles. The zero-order valence-corrected chi connectivity index (χ0v) is 12.5. The summed E-state index contributed by atoms with van der Waals surface area (Å²) in [4.78, 5) is 29.3. The van der Waals surface area contributed by atoms with Crippen LogP contribution in [0.2, 0.25) is 0 Å². The lowest BCUT2D eigenvalue weighted by Crippen LogP contribution is -2.38. The largest absolute Gasteiger partial charge is 0.348 e. The quantitative estimate of drug-likeness (QED) is 0.902. The summed E-state index contributed by atoms with van der Waals surface area (Å²) in [5, 5.41) is 2.93. The molecule has 1 aliphatic heterocycles. The van der Waals surface area contributed by atoms with Gasteiger partial charge in [0.1, 0.15) is 5.56 Å². The van der Waals surface area contributed by atoms with Gasteiger partial charge < -0.3 is 15.2 Å². The number of nitrogens with one attached hydrogen (secondary N) is 2. The standard InChI is InChI=1S/C17H19N3O2/c1-20-10-9-13(11-20)18-16(21)14-7-8-15(19-17(14)22)12-5-3-2-4-6-12/h2-8,13H,9-11H2,1H3,(H,18,21)(H,19,22). The third-order valence-electron chi connectivity index (χ3n) is 3.97. The number of likely N-dealkylation sites (tertiary alicyclic amines) is 1. The number of H-pyrrole nitrogens is 1. The van der Waals surface area contributed by atoms with Crippen LogP contribution in [0.3, 0.4) is 0 Å². The molecule has 1 aliphatic rings. The Balaban J connectivity index is 1.78. The van der Waals surface area contributed by atoms with Crippen molar-refractivity contribution in [3.63, 3.8) is 0 Å². The molecule has 1 amide bonds. The Bertz CT molecular complexity index is 724. The van der Waals surface area contributed by atoms with E-state index < -0.39 is 0 Å². The monoisotopic (exact) mass is 297 g/mol. The highest BCUT2D eigenvalue weighted by Gasteiger charge is 2.22. The fourth-order valence-electron chi connectivity index (χ4n) is 2.75. The Morgan fingerprint density at radius 2 is 2.00 bits per heavy atom. The number of nitrogens with zero attached hydrogens (tertiary/aromatic N) is 1. The molecule has 2 N–H and O–H groups in total. The van der Waals surface area contributed by atoms with E-state index in [9.17, 15) is 9.59 Å². The van der Waals surface area contributed by atoms with Crippen LogP contribution in [0.25, 0.3) is 11.3 Å². The van der Waals surface area contributed by atoms with Crippen molar-refractivity contribution in [2.45, 2.75) is 12.5 Å². The molecule has 3 rings (SSSR count). The van der Waals surface area contributed by atoms with E-state index in [4.69, 9.17) is 0 Å². The molecule has 0 bridgehead atoms. The van der Waals surface area contributed by atoms with E-state index in [1.54, 1.807) is 12.1 Å². The van der Waals surface area contributed by atoms with Gasteiger partial charge in [0.25, 0.3) is 11.5 Å². The van der Waals surface area contributed by atoms with Gasteiger partial charge in [-0.2, -0.15) is 0 Å². The number of amides is 1. The van der Waals surface area contributed by atoms with Gasteiger partial charge in [-0.05, 0) is 37.7 Å². The first-order valence-electron chi connectivity index (χ1n) is 7.41. The molecule has 2 aromatic rings. The molecule has 1 fully saturated rings. The lowest BCUT2D eigenvalue weighted by atomic mass is 10.1. The molecule has 114 valence electrons. The van der Waals surface area contributed by atoms with Crippen molar-refractivity contribution in [1.29, 1.82) is 0 Å². The van der Waals surface area contributed by atoms with Gasteiger partial charge in [-0.15, -0.1) is 0 Å². The van der Waals surface area contributed by atoms with Gasteiger partial charge in [0.15, 0.2) is 0 Å². The first kappa shape index (κ1) is 14.5. The van der Waals surface area contributed by atoms with E-state index in [1.807, 2.05) is 37.4 Å². The number of carbonyl (C=O) groups is 1. The normalized spacial score (nSPS) is 18.3. The van der Waals surface area contributed by atoms with Gasteiger partial charge in [0.05, 0.1) is 0 Å². The molecule has 1 aromatic carbocycles.